The highest BCUT2D eigenvalue weighted by molar-refractivity contribution is 7.93. The van der Waals surface area contributed by atoms with Crippen LogP contribution in [0.25, 0.3) is 11.0 Å². The summed E-state index contributed by atoms with van der Waals surface area (Å²) in [6, 6.07) is 12.6. The van der Waals surface area contributed by atoms with Crippen molar-refractivity contribution in [3.05, 3.63) is 65.9 Å². The van der Waals surface area contributed by atoms with Gasteiger partial charge in [0.25, 0.3) is 15.9 Å². The van der Waals surface area contributed by atoms with Crippen molar-refractivity contribution in [3.8, 4) is 5.75 Å². The molecular weight excluding hydrogens is 414 g/mol. The third-order valence-corrected chi connectivity index (χ3v) is 6.20. The van der Waals surface area contributed by atoms with Gasteiger partial charge in [0.05, 0.1) is 12.0 Å². The highest BCUT2D eigenvalue weighted by Crippen LogP contribution is 2.25. The summed E-state index contributed by atoms with van der Waals surface area (Å²) in [5.74, 6) is 0.348. The molecule has 1 amide bonds. The number of carbonyl (C=O) groups is 1. The Hall–Kier alpha value is -3.37. The van der Waals surface area contributed by atoms with Gasteiger partial charge in [0.15, 0.2) is 10.9 Å². The van der Waals surface area contributed by atoms with E-state index in [9.17, 15) is 13.2 Å². The van der Waals surface area contributed by atoms with Gasteiger partial charge in [0, 0.05) is 22.7 Å². The Labute approximate surface area is 170 Å². The number of methoxy groups -OCH3 is 1. The van der Waals surface area contributed by atoms with Crippen LogP contribution < -0.4 is 14.8 Å². The third-order valence-electron chi connectivity index (χ3n) is 4.02. The van der Waals surface area contributed by atoms with Gasteiger partial charge in [-0.1, -0.05) is 0 Å². The van der Waals surface area contributed by atoms with Gasteiger partial charge >= 0.3 is 0 Å². The van der Waals surface area contributed by atoms with Crippen molar-refractivity contribution in [1.82, 2.24) is 4.98 Å². The Morgan fingerprint density at radius 3 is 2.62 bits per heavy atom. The highest BCUT2D eigenvalue weighted by atomic mass is 32.2. The van der Waals surface area contributed by atoms with Crippen LogP contribution in [-0.4, -0.2) is 26.4 Å². The van der Waals surface area contributed by atoms with Crippen molar-refractivity contribution < 1.29 is 22.4 Å². The minimum atomic E-state index is -3.75. The van der Waals surface area contributed by atoms with Crippen LogP contribution in [0.5, 0.6) is 5.75 Å². The predicted octanol–water partition coefficient (Wildman–Crippen LogP) is 3.95. The summed E-state index contributed by atoms with van der Waals surface area (Å²) in [7, 11) is -2.19. The van der Waals surface area contributed by atoms with E-state index in [0.29, 0.717) is 17.0 Å². The number of sulfonamides is 1. The summed E-state index contributed by atoms with van der Waals surface area (Å²) in [5, 5.41) is 5.38. The maximum Gasteiger partial charge on any atom is 0.291 e. The number of hydrogen-bond donors (Lipinski definition) is 2. The second-order valence-electron chi connectivity index (χ2n) is 5.94. The van der Waals surface area contributed by atoms with Crippen LogP contribution >= 0.6 is 11.3 Å². The summed E-state index contributed by atoms with van der Waals surface area (Å²) in [5.41, 5.74) is 0.992. The first-order valence-electron chi connectivity index (χ1n) is 8.36. The Morgan fingerprint density at radius 2 is 1.93 bits per heavy atom. The van der Waals surface area contributed by atoms with E-state index in [1.54, 1.807) is 36.8 Å². The molecule has 29 heavy (non-hydrogen) atoms. The Balaban J connectivity index is 1.49. The van der Waals surface area contributed by atoms with Crippen molar-refractivity contribution in [2.75, 3.05) is 17.1 Å². The van der Waals surface area contributed by atoms with Crippen molar-refractivity contribution in [1.29, 1.82) is 0 Å². The molecule has 0 aliphatic rings. The number of nitrogens with zero attached hydrogens (tertiary/aromatic N) is 1. The molecule has 0 bridgehead atoms. The van der Waals surface area contributed by atoms with Crippen LogP contribution in [0.3, 0.4) is 0 Å². The fourth-order valence-corrected chi connectivity index (χ4v) is 4.41. The average Bonchev–Trinajstić information content (AvgIpc) is 3.36. The summed E-state index contributed by atoms with van der Waals surface area (Å²) in [4.78, 5) is 16.4. The van der Waals surface area contributed by atoms with Crippen LogP contribution in [0.2, 0.25) is 0 Å². The molecule has 4 aromatic rings. The molecule has 4 rings (SSSR count). The van der Waals surface area contributed by atoms with Gasteiger partial charge in [-0.2, -0.15) is 0 Å². The van der Waals surface area contributed by atoms with Crippen molar-refractivity contribution >= 4 is 49.1 Å². The molecule has 2 aromatic carbocycles. The lowest BCUT2D eigenvalue weighted by molar-refractivity contribution is 0.0998. The molecule has 2 heterocycles. The lowest BCUT2D eigenvalue weighted by atomic mass is 10.2. The molecule has 0 unspecified atom stereocenters. The molecule has 2 N–H and O–H groups in total. The number of hydrogen-bond acceptors (Lipinski definition) is 7. The number of anilines is 2. The first kappa shape index (κ1) is 19.0. The maximum absolute atomic E-state index is 12.5. The molecule has 0 aliphatic carbocycles. The monoisotopic (exact) mass is 429 g/mol. The van der Waals surface area contributed by atoms with Crippen LogP contribution in [0.1, 0.15) is 10.6 Å². The van der Waals surface area contributed by atoms with E-state index in [1.165, 1.54) is 41.8 Å². The second-order valence-corrected chi connectivity index (χ2v) is 8.51. The number of ether oxygens (including phenoxy) is 1. The van der Waals surface area contributed by atoms with E-state index in [1.807, 2.05) is 0 Å². The molecular formula is C19H15N3O5S2. The molecule has 10 heteroatoms. The van der Waals surface area contributed by atoms with Crippen molar-refractivity contribution in [3.63, 3.8) is 0 Å². The number of rotatable bonds is 6. The Bertz CT molecular complexity index is 1260. The summed E-state index contributed by atoms with van der Waals surface area (Å²) in [6.45, 7) is 0. The summed E-state index contributed by atoms with van der Waals surface area (Å²) < 4.78 is 37.8. The zero-order valence-electron chi connectivity index (χ0n) is 15.1. The average molecular weight is 429 g/mol. The SMILES string of the molecule is COc1ccc2oc(C(=O)Nc3ccc(S(=O)(=O)Nc4nccs4)cc3)cc2c1. The normalized spacial score (nSPS) is 11.3. The molecule has 0 aliphatic heterocycles. The zero-order chi connectivity index (χ0) is 20.4. The van der Waals surface area contributed by atoms with Crippen molar-refractivity contribution in [2.24, 2.45) is 0 Å². The number of fused-ring (bicyclic) bond motifs is 1. The molecule has 0 saturated heterocycles. The Kier molecular flexibility index (Phi) is 4.95. The summed E-state index contributed by atoms with van der Waals surface area (Å²) in [6.07, 6.45) is 1.51. The predicted molar refractivity (Wildman–Crippen MR) is 110 cm³/mol. The molecule has 0 atom stereocenters. The van der Waals surface area contributed by atoms with E-state index in [0.717, 1.165) is 5.39 Å². The van der Waals surface area contributed by atoms with E-state index >= 15 is 0 Å². The highest BCUT2D eigenvalue weighted by Gasteiger charge is 2.17. The molecule has 2 aromatic heterocycles. The molecule has 0 radical (unpaired) electrons. The molecule has 0 spiro atoms. The smallest absolute Gasteiger partial charge is 0.291 e. The maximum atomic E-state index is 12.5. The minimum absolute atomic E-state index is 0.0570. The largest absolute Gasteiger partial charge is 0.497 e. The van der Waals surface area contributed by atoms with Gasteiger partial charge < -0.3 is 14.5 Å². The number of benzene rings is 2. The number of aromatic nitrogens is 1. The summed E-state index contributed by atoms with van der Waals surface area (Å²) >= 11 is 1.18. The van der Waals surface area contributed by atoms with E-state index in [4.69, 9.17) is 9.15 Å². The van der Waals surface area contributed by atoms with E-state index in [2.05, 4.69) is 15.0 Å². The molecule has 0 saturated carbocycles. The van der Waals surface area contributed by atoms with Gasteiger partial charge in [0.1, 0.15) is 11.3 Å². The van der Waals surface area contributed by atoms with Crippen LogP contribution in [-0.2, 0) is 10.0 Å². The molecule has 0 fully saturated rings. The van der Waals surface area contributed by atoms with Gasteiger partial charge in [-0.25, -0.2) is 13.4 Å². The third kappa shape index (κ3) is 4.08. The molecule has 148 valence electrons. The first-order chi connectivity index (χ1) is 13.9. The fraction of sp³-hybridized carbons (Fsp3) is 0.0526. The van der Waals surface area contributed by atoms with Crippen LogP contribution in [0.4, 0.5) is 10.8 Å². The van der Waals surface area contributed by atoms with Gasteiger partial charge in [0.2, 0.25) is 0 Å². The lowest BCUT2D eigenvalue weighted by Crippen LogP contribution is -2.13. The van der Waals surface area contributed by atoms with Gasteiger partial charge in [-0.05, 0) is 48.5 Å². The van der Waals surface area contributed by atoms with E-state index in [-0.39, 0.29) is 15.8 Å². The number of thiazole rings is 1. The minimum Gasteiger partial charge on any atom is -0.497 e. The van der Waals surface area contributed by atoms with Crippen molar-refractivity contribution in [2.45, 2.75) is 4.90 Å². The lowest BCUT2D eigenvalue weighted by Gasteiger charge is -2.07. The fourth-order valence-electron chi connectivity index (χ4n) is 2.62. The zero-order valence-corrected chi connectivity index (χ0v) is 16.7. The Morgan fingerprint density at radius 1 is 1.14 bits per heavy atom. The van der Waals surface area contributed by atoms with Crippen LogP contribution in [0.15, 0.2) is 69.4 Å². The standard InChI is InChI=1S/C19H15N3O5S2/c1-26-14-4-7-16-12(10-14)11-17(27-16)18(23)21-13-2-5-15(6-3-13)29(24,25)22-19-20-8-9-28-19/h2-11H,1H3,(H,20,22)(H,21,23). The number of carbonyl (C=O) groups excluding carboxylic acids is 1. The number of amides is 1. The van der Waals surface area contributed by atoms with Gasteiger partial charge in [-0.3, -0.25) is 9.52 Å². The van der Waals surface area contributed by atoms with Crippen LogP contribution in [0, 0.1) is 0 Å². The molecule has 8 nitrogen and oxygen atoms in total. The number of nitrogens with one attached hydrogen (secondary N) is 2. The quantitative estimate of drug-likeness (QED) is 0.480. The number of furan rings is 1. The van der Waals surface area contributed by atoms with E-state index < -0.39 is 15.9 Å². The second kappa shape index (κ2) is 7.57. The topological polar surface area (TPSA) is 111 Å². The first-order valence-corrected chi connectivity index (χ1v) is 10.7. The van der Waals surface area contributed by atoms with Gasteiger partial charge in [-0.15, -0.1) is 11.3 Å².